The zero-order valence-corrected chi connectivity index (χ0v) is 17.4. The third-order valence-corrected chi connectivity index (χ3v) is 4.49. The summed E-state index contributed by atoms with van der Waals surface area (Å²) in [5.74, 6) is 0.324. The normalized spacial score (nSPS) is 13.0. The van der Waals surface area contributed by atoms with Crippen LogP contribution in [0.2, 0.25) is 0 Å². The van der Waals surface area contributed by atoms with Crippen LogP contribution in [0.1, 0.15) is 45.9 Å². The molecule has 1 heterocycles. The number of esters is 1. The van der Waals surface area contributed by atoms with Gasteiger partial charge in [-0.3, -0.25) is 0 Å². The van der Waals surface area contributed by atoms with Crippen molar-refractivity contribution in [3.05, 3.63) is 36.2 Å². The summed E-state index contributed by atoms with van der Waals surface area (Å²) >= 11 is 0. The number of rotatable bonds is 10. The second-order valence-electron chi connectivity index (χ2n) is 7.12. The Hall–Kier alpha value is -2.90. The molecule has 0 radical (unpaired) electrons. The van der Waals surface area contributed by atoms with Gasteiger partial charge in [0.05, 0.1) is 13.5 Å². The highest BCUT2D eigenvalue weighted by Gasteiger charge is 2.26. The fourth-order valence-electron chi connectivity index (χ4n) is 2.73. The number of ether oxygens (including phenoxy) is 2. The summed E-state index contributed by atoms with van der Waals surface area (Å²) < 4.78 is 16.0. The lowest BCUT2D eigenvalue weighted by Gasteiger charge is -2.22. The monoisotopic (exact) mass is 403 g/mol. The molecule has 8 heteroatoms. The van der Waals surface area contributed by atoms with E-state index in [2.05, 4.69) is 15.5 Å². The molecular weight excluding hydrogens is 374 g/mol. The van der Waals surface area contributed by atoms with Gasteiger partial charge in [0.2, 0.25) is 11.8 Å². The van der Waals surface area contributed by atoms with Crippen molar-refractivity contribution in [3.63, 3.8) is 0 Å². The molecule has 0 spiro atoms. The summed E-state index contributed by atoms with van der Waals surface area (Å²) in [7, 11) is 1.30. The molecule has 0 aliphatic carbocycles. The second-order valence-corrected chi connectivity index (χ2v) is 7.12. The lowest BCUT2D eigenvalue weighted by molar-refractivity contribution is -0.143. The van der Waals surface area contributed by atoms with Gasteiger partial charge in [-0.2, -0.15) is 0 Å². The van der Waals surface area contributed by atoms with Gasteiger partial charge in [-0.15, -0.1) is 10.2 Å². The van der Waals surface area contributed by atoms with E-state index < -0.39 is 24.2 Å². The molecule has 0 aliphatic rings. The average Bonchev–Trinajstić information content (AvgIpc) is 3.19. The van der Waals surface area contributed by atoms with E-state index in [1.54, 1.807) is 0 Å². The molecule has 0 saturated carbocycles. The number of alkyl carbamates (subject to hydrolysis) is 1. The number of unbranched alkanes of at least 4 members (excludes halogenated alkanes) is 1. The molecule has 2 atom stereocenters. The number of nitrogens with zero attached hydrogens (tertiary/aromatic N) is 2. The zero-order valence-electron chi connectivity index (χ0n) is 17.4. The third kappa shape index (κ3) is 6.89. The van der Waals surface area contributed by atoms with Gasteiger partial charge in [0.15, 0.2) is 0 Å². The van der Waals surface area contributed by atoms with Crippen molar-refractivity contribution in [3.8, 4) is 11.5 Å². The van der Waals surface area contributed by atoms with E-state index in [4.69, 9.17) is 13.9 Å². The number of hydrogen-bond donors (Lipinski definition) is 1. The van der Waals surface area contributed by atoms with Gasteiger partial charge < -0.3 is 19.2 Å². The molecule has 1 amide bonds. The summed E-state index contributed by atoms with van der Waals surface area (Å²) in [5, 5.41) is 10.7. The molecule has 8 nitrogen and oxygen atoms in total. The van der Waals surface area contributed by atoms with Crippen LogP contribution in [0.5, 0.6) is 0 Å². The third-order valence-electron chi connectivity index (χ3n) is 4.49. The van der Waals surface area contributed by atoms with Crippen molar-refractivity contribution in [1.82, 2.24) is 15.5 Å². The maximum absolute atomic E-state index is 12.4. The largest absolute Gasteiger partial charge is 0.467 e. The summed E-state index contributed by atoms with van der Waals surface area (Å²) in [5.41, 5.74) is 0.822. The van der Waals surface area contributed by atoms with E-state index in [1.165, 1.54) is 7.11 Å². The minimum atomic E-state index is -0.728. The van der Waals surface area contributed by atoms with E-state index in [0.717, 1.165) is 18.4 Å². The molecule has 2 aromatic rings. The molecule has 0 fully saturated rings. The lowest BCUT2D eigenvalue weighted by atomic mass is 10.0. The zero-order chi connectivity index (χ0) is 21.2. The smallest absolute Gasteiger partial charge is 0.408 e. The Bertz CT molecular complexity index is 776. The number of hydrogen-bond acceptors (Lipinski definition) is 7. The average molecular weight is 403 g/mol. The maximum Gasteiger partial charge on any atom is 0.408 e. The first kappa shape index (κ1) is 22.4. The minimum absolute atomic E-state index is 0.0139. The number of aromatic nitrogens is 2. The summed E-state index contributed by atoms with van der Waals surface area (Å²) in [6.45, 7) is 5.87. The first-order chi connectivity index (χ1) is 13.9. The molecule has 1 N–H and O–H groups in total. The summed E-state index contributed by atoms with van der Waals surface area (Å²) in [4.78, 5) is 24.2. The van der Waals surface area contributed by atoms with Gasteiger partial charge >= 0.3 is 12.1 Å². The van der Waals surface area contributed by atoms with Crippen molar-refractivity contribution in [2.75, 3.05) is 7.11 Å². The Labute approximate surface area is 171 Å². The molecule has 1 aromatic carbocycles. The summed E-state index contributed by atoms with van der Waals surface area (Å²) in [6.07, 6.45) is 1.32. The Balaban J connectivity index is 1.99. The Morgan fingerprint density at radius 3 is 2.52 bits per heavy atom. The van der Waals surface area contributed by atoms with E-state index in [0.29, 0.717) is 18.2 Å². The van der Waals surface area contributed by atoms with Crippen LogP contribution in [0.15, 0.2) is 34.7 Å². The minimum Gasteiger partial charge on any atom is -0.467 e. The van der Waals surface area contributed by atoms with Crippen molar-refractivity contribution < 1.29 is 23.5 Å². The summed E-state index contributed by atoms with van der Waals surface area (Å²) in [6, 6.07) is 8.71. The van der Waals surface area contributed by atoms with Gasteiger partial charge in [0.25, 0.3) is 0 Å². The van der Waals surface area contributed by atoms with Crippen molar-refractivity contribution in [2.45, 2.75) is 58.6 Å². The van der Waals surface area contributed by atoms with Crippen LogP contribution in [0.3, 0.4) is 0 Å². The van der Waals surface area contributed by atoms with E-state index in [1.807, 2.05) is 51.1 Å². The Kier molecular flexibility index (Phi) is 8.64. The lowest BCUT2D eigenvalue weighted by Crippen LogP contribution is -2.43. The molecule has 2 rings (SSSR count). The number of amides is 1. The fourth-order valence-corrected chi connectivity index (χ4v) is 2.73. The number of nitrogens with one attached hydrogen (secondary N) is 1. The van der Waals surface area contributed by atoms with Crippen molar-refractivity contribution in [1.29, 1.82) is 0 Å². The number of benzene rings is 1. The van der Waals surface area contributed by atoms with Gasteiger partial charge in [-0.1, -0.05) is 51.8 Å². The first-order valence-electron chi connectivity index (χ1n) is 9.87. The number of carbonyl (C=O) groups is 2. The Morgan fingerprint density at radius 2 is 1.90 bits per heavy atom. The van der Waals surface area contributed by atoms with Crippen LogP contribution in [-0.2, 0) is 20.7 Å². The standard InChI is InChI=1S/C21H29N3O5/c1-5-6-12-16(20(25)27-4)22-21(26)28-17(14(2)3)13-18-23-24-19(29-18)15-10-8-7-9-11-15/h7-11,14,16-17H,5-6,12-13H2,1-4H3,(H,22,26)/t16-,17-/m0/s1. The van der Waals surface area contributed by atoms with Crippen LogP contribution in [0.25, 0.3) is 11.5 Å². The predicted octanol–water partition coefficient (Wildman–Crippen LogP) is 3.76. The first-order valence-corrected chi connectivity index (χ1v) is 9.87. The van der Waals surface area contributed by atoms with Crippen LogP contribution in [0.4, 0.5) is 4.79 Å². The van der Waals surface area contributed by atoms with Crippen LogP contribution in [0, 0.1) is 5.92 Å². The molecular formula is C21H29N3O5. The van der Waals surface area contributed by atoms with Gasteiger partial charge in [0, 0.05) is 5.56 Å². The SMILES string of the molecule is CCCC[C@H](NC(=O)O[C@@H](Cc1nnc(-c2ccccc2)o1)C(C)C)C(=O)OC. The van der Waals surface area contributed by atoms with E-state index in [-0.39, 0.29) is 12.3 Å². The van der Waals surface area contributed by atoms with E-state index in [9.17, 15) is 9.59 Å². The highest BCUT2D eigenvalue weighted by Crippen LogP contribution is 2.20. The molecule has 29 heavy (non-hydrogen) atoms. The number of carbonyl (C=O) groups excluding carboxylic acids is 2. The molecule has 0 saturated heterocycles. The van der Waals surface area contributed by atoms with Crippen molar-refractivity contribution >= 4 is 12.1 Å². The molecule has 0 bridgehead atoms. The molecule has 0 unspecified atom stereocenters. The molecule has 1 aromatic heterocycles. The van der Waals surface area contributed by atoms with Crippen LogP contribution < -0.4 is 5.32 Å². The van der Waals surface area contributed by atoms with Gasteiger partial charge in [-0.05, 0) is 24.5 Å². The quantitative estimate of drug-likeness (QED) is 0.602. The molecule has 0 aliphatic heterocycles. The predicted molar refractivity (Wildman–Crippen MR) is 107 cm³/mol. The topological polar surface area (TPSA) is 104 Å². The van der Waals surface area contributed by atoms with Crippen molar-refractivity contribution in [2.24, 2.45) is 5.92 Å². The highest BCUT2D eigenvalue weighted by molar-refractivity contribution is 5.81. The van der Waals surface area contributed by atoms with E-state index >= 15 is 0 Å². The maximum atomic E-state index is 12.4. The number of methoxy groups -OCH3 is 1. The van der Waals surface area contributed by atoms with Gasteiger partial charge in [-0.25, -0.2) is 9.59 Å². The Morgan fingerprint density at radius 1 is 1.17 bits per heavy atom. The van der Waals surface area contributed by atoms with Gasteiger partial charge in [0.1, 0.15) is 12.1 Å². The second kappa shape index (κ2) is 11.2. The molecule has 158 valence electrons. The highest BCUT2D eigenvalue weighted by atomic mass is 16.6. The fraction of sp³-hybridized carbons (Fsp3) is 0.524. The van der Waals surface area contributed by atoms with Crippen LogP contribution in [-0.4, -0.2) is 41.5 Å². The van der Waals surface area contributed by atoms with Crippen LogP contribution >= 0.6 is 0 Å².